The summed E-state index contributed by atoms with van der Waals surface area (Å²) in [5.74, 6) is 0.0777. The standard InChI is InChI=1S/C18H22N4O2/c1-12-17(20-11-19-12)14-3-5-16(6-4-14)21-18(24)15-7-9-22(10-8-15)13(2)23/h3-6,11,15H,7-10H2,1-2H3,(H,19,20)(H,21,24). The van der Waals surface area contributed by atoms with E-state index in [-0.39, 0.29) is 17.7 Å². The van der Waals surface area contributed by atoms with Crippen molar-refractivity contribution in [2.45, 2.75) is 26.7 Å². The molecule has 0 aliphatic carbocycles. The van der Waals surface area contributed by atoms with E-state index >= 15 is 0 Å². The molecule has 2 heterocycles. The van der Waals surface area contributed by atoms with Gasteiger partial charge >= 0.3 is 0 Å². The van der Waals surface area contributed by atoms with Gasteiger partial charge in [-0.05, 0) is 31.9 Å². The van der Waals surface area contributed by atoms with Crippen molar-refractivity contribution in [1.29, 1.82) is 0 Å². The molecule has 1 saturated heterocycles. The number of carbonyl (C=O) groups excluding carboxylic acids is 2. The van der Waals surface area contributed by atoms with Gasteiger partial charge in [-0.1, -0.05) is 12.1 Å². The number of aromatic amines is 1. The van der Waals surface area contributed by atoms with E-state index in [2.05, 4.69) is 15.3 Å². The van der Waals surface area contributed by atoms with E-state index in [1.54, 1.807) is 18.2 Å². The maximum Gasteiger partial charge on any atom is 0.227 e. The van der Waals surface area contributed by atoms with Gasteiger partial charge in [0.25, 0.3) is 0 Å². The van der Waals surface area contributed by atoms with Crippen molar-refractivity contribution >= 4 is 17.5 Å². The summed E-state index contributed by atoms with van der Waals surface area (Å²) in [7, 11) is 0. The number of amides is 2. The monoisotopic (exact) mass is 326 g/mol. The van der Waals surface area contributed by atoms with Crippen LogP contribution in [-0.4, -0.2) is 39.8 Å². The Labute approximate surface area is 141 Å². The molecule has 6 nitrogen and oxygen atoms in total. The molecule has 2 amide bonds. The zero-order chi connectivity index (χ0) is 17.1. The van der Waals surface area contributed by atoms with Crippen LogP contribution < -0.4 is 5.32 Å². The van der Waals surface area contributed by atoms with E-state index in [9.17, 15) is 9.59 Å². The van der Waals surface area contributed by atoms with E-state index in [0.29, 0.717) is 13.1 Å². The van der Waals surface area contributed by atoms with E-state index in [4.69, 9.17) is 0 Å². The Kier molecular flexibility index (Phi) is 4.64. The SMILES string of the molecule is CC(=O)N1CCC(C(=O)Nc2ccc(-c3nc[nH]c3C)cc2)CC1. The Morgan fingerprint density at radius 2 is 1.88 bits per heavy atom. The van der Waals surface area contributed by atoms with Gasteiger partial charge in [0.1, 0.15) is 0 Å². The number of hydrogen-bond acceptors (Lipinski definition) is 3. The molecule has 1 aromatic carbocycles. The average Bonchev–Trinajstić information content (AvgIpc) is 3.01. The lowest BCUT2D eigenvalue weighted by Gasteiger charge is -2.30. The third-order valence-electron chi connectivity index (χ3n) is 4.57. The van der Waals surface area contributed by atoms with Crippen molar-refractivity contribution < 1.29 is 9.59 Å². The highest BCUT2D eigenvalue weighted by atomic mass is 16.2. The van der Waals surface area contributed by atoms with Crippen LogP contribution in [0.4, 0.5) is 5.69 Å². The minimum Gasteiger partial charge on any atom is -0.348 e. The maximum atomic E-state index is 12.4. The van der Waals surface area contributed by atoms with Crippen molar-refractivity contribution in [2.24, 2.45) is 5.92 Å². The molecule has 6 heteroatoms. The predicted octanol–water partition coefficient (Wildman–Crippen LogP) is 2.58. The number of nitrogens with one attached hydrogen (secondary N) is 2. The number of anilines is 1. The smallest absolute Gasteiger partial charge is 0.227 e. The largest absolute Gasteiger partial charge is 0.348 e. The van der Waals surface area contributed by atoms with Crippen LogP contribution in [0.5, 0.6) is 0 Å². The van der Waals surface area contributed by atoms with Crippen molar-refractivity contribution in [3.63, 3.8) is 0 Å². The van der Waals surface area contributed by atoms with Gasteiger partial charge < -0.3 is 15.2 Å². The topological polar surface area (TPSA) is 78.1 Å². The summed E-state index contributed by atoms with van der Waals surface area (Å²) in [6, 6.07) is 7.70. The van der Waals surface area contributed by atoms with Crippen LogP contribution in [0, 0.1) is 12.8 Å². The number of nitrogens with zero attached hydrogens (tertiary/aromatic N) is 2. The van der Waals surface area contributed by atoms with Crippen LogP contribution in [0.2, 0.25) is 0 Å². The highest BCUT2D eigenvalue weighted by molar-refractivity contribution is 5.93. The molecule has 1 aromatic heterocycles. The number of hydrogen-bond donors (Lipinski definition) is 2. The number of rotatable bonds is 3. The zero-order valence-electron chi connectivity index (χ0n) is 14.0. The summed E-state index contributed by atoms with van der Waals surface area (Å²) in [5.41, 5.74) is 3.74. The number of likely N-dealkylation sites (tertiary alicyclic amines) is 1. The Morgan fingerprint density at radius 1 is 1.21 bits per heavy atom. The van der Waals surface area contributed by atoms with Gasteiger partial charge in [-0.2, -0.15) is 0 Å². The van der Waals surface area contributed by atoms with Crippen LogP contribution in [-0.2, 0) is 9.59 Å². The molecule has 0 spiro atoms. The second kappa shape index (κ2) is 6.86. The van der Waals surface area contributed by atoms with E-state index < -0.39 is 0 Å². The number of carbonyl (C=O) groups is 2. The summed E-state index contributed by atoms with van der Waals surface area (Å²) >= 11 is 0. The molecule has 2 N–H and O–H groups in total. The Bertz CT molecular complexity index is 728. The lowest BCUT2D eigenvalue weighted by atomic mass is 9.95. The lowest BCUT2D eigenvalue weighted by molar-refractivity contribution is -0.132. The van der Waals surface area contributed by atoms with Gasteiger partial charge in [-0.3, -0.25) is 9.59 Å². The summed E-state index contributed by atoms with van der Waals surface area (Å²) in [6.07, 6.45) is 3.11. The van der Waals surface area contributed by atoms with Gasteiger partial charge in [0.2, 0.25) is 11.8 Å². The highest BCUT2D eigenvalue weighted by Crippen LogP contribution is 2.23. The van der Waals surface area contributed by atoms with Gasteiger partial charge in [0, 0.05) is 42.9 Å². The molecule has 0 unspecified atom stereocenters. The van der Waals surface area contributed by atoms with E-state index in [1.807, 2.05) is 31.2 Å². The Morgan fingerprint density at radius 3 is 2.42 bits per heavy atom. The van der Waals surface area contributed by atoms with Crippen LogP contribution >= 0.6 is 0 Å². The first-order valence-electron chi connectivity index (χ1n) is 8.21. The molecule has 2 aromatic rings. The first-order chi connectivity index (χ1) is 11.5. The second-order valence-corrected chi connectivity index (χ2v) is 6.22. The molecule has 1 aliphatic heterocycles. The average molecular weight is 326 g/mol. The Balaban J connectivity index is 1.59. The molecular weight excluding hydrogens is 304 g/mol. The van der Waals surface area contributed by atoms with Gasteiger partial charge in [-0.25, -0.2) is 4.98 Å². The molecule has 0 atom stereocenters. The number of piperidine rings is 1. The molecule has 0 bridgehead atoms. The van der Waals surface area contributed by atoms with Gasteiger partial charge in [-0.15, -0.1) is 0 Å². The maximum absolute atomic E-state index is 12.4. The molecular formula is C18H22N4O2. The molecule has 0 radical (unpaired) electrons. The van der Waals surface area contributed by atoms with E-state index in [0.717, 1.165) is 35.5 Å². The number of aryl methyl sites for hydroxylation is 1. The van der Waals surface area contributed by atoms with Crippen molar-refractivity contribution in [3.05, 3.63) is 36.3 Å². The lowest BCUT2D eigenvalue weighted by Crippen LogP contribution is -2.40. The predicted molar refractivity (Wildman–Crippen MR) is 92.4 cm³/mol. The number of imidazole rings is 1. The molecule has 126 valence electrons. The third kappa shape index (κ3) is 3.48. The summed E-state index contributed by atoms with van der Waals surface area (Å²) in [4.78, 5) is 32.9. The molecule has 24 heavy (non-hydrogen) atoms. The third-order valence-corrected chi connectivity index (χ3v) is 4.57. The zero-order valence-corrected chi connectivity index (χ0v) is 14.0. The minimum atomic E-state index is -0.0335. The first-order valence-corrected chi connectivity index (χ1v) is 8.21. The van der Waals surface area contributed by atoms with Crippen LogP contribution in [0.1, 0.15) is 25.5 Å². The second-order valence-electron chi connectivity index (χ2n) is 6.22. The molecule has 1 fully saturated rings. The van der Waals surface area contributed by atoms with Crippen molar-refractivity contribution in [1.82, 2.24) is 14.9 Å². The first kappa shape index (κ1) is 16.2. The molecule has 3 rings (SSSR count). The fourth-order valence-electron chi connectivity index (χ4n) is 3.06. The quantitative estimate of drug-likeness (QED) is 0.910. The number of benzene rings is 1. The fraction of sp³-hybridized carbons (Fsp3) is 0.389. The van der Waals surface area contributed by atoms with Crippen LogP contribution in [0.15, 0.2) is 30.6 Å². The highest BCUT2D eigenvalue weighted by Gasteiger charge is 2.25. The van der Waals surface area contributed by atoms with Crippen LogP contribution in [0.3, 0.4) is 0 Å². The fourth-order valence-corrected chi connectivity index (χ4v) is 3.06. The molecule has 0 saturated carbocycles. The number of H-pyrrole nitrogens is 1. The van der Waals surface area contributed by atoms with Gasteiger partial charge in [0.15, 0.2) is 0 Å². The normalized spacial score (nSPS) is 15.3. The summed E-state index contributed by atoms with van der Waals surface area (Å²) in [6.45, 7) is 4.87. The van der Waals surface area contributed by atoms with Crippen LogP contribution in [0.25, 0.3) is 11.3 Å². The van der Waals surface area contributed by atoms with Crippen molar-refractivity contribution in [3.8, 4) is 11.3 Å². The summed E-state index contributed by atoms with van der Waals surface area (Å²) < 4.78 is 0. The molecule has 1 aliphatic rings. The Hall–Kier alpha value is -2.63. The number of aromatic nitrogens is 2. The van der Waals surface area contributed by atoms with E-state index in [1.165, 1.54) is 0 Å². The van der Waals surface area contributed by atoms with Crippen molar-refractivity contribution in [2.75, 3.05) is 18.4 Å². The minimum absolute atomic E-state index is 0.0295. The van der Waals surface area contributed by atoms with Gasteiger partial charge in [0.05, 0.1) is 12.0 Å². The summed E-state index contributed by atoms with van der Waals surface area (Å²) in [5, 5.41) is 2.97.